The monoisotopic (exact) mass is 683 g/mol. The Kier molecular flexibility index (Phi) is 9.47. The first-order chi connectivity index (χ1) is 23.3. The molecule has 3 aliphatic heterocycles. The van der Waals surface area contributed by atoms with E-state index in [1.54, 1.807) is 53.4 Å². The Bertz CT molecular complexity index is 1680. The lowest BCUT2D eigenvalue weighted by atomic mass is 9.84. The van der Waals surface area contributed by atoms with Crippen LogP contribution in [-0.4, -0.2) is 84.1 Å². The van der Waals surface area contributed by atoms with Crippen LogP contribution in [0.3, 0.4) is 0 Å². The number of carboxylic acid groups (broad SMARTS) is 1. The first kappa shape index (κ1) is 34.4. The summed E-state index contributed by atoms with van der Waals surface area (Å²) in [4.78, 5) is 31.2. The molecule has 0 saturated carbocycles. The van der Waals surface area contributed by atoms with Crippen LogP contribution in [0.15, 0.2) is 54.7 Å². The number of rotatable bonds is 8. The number of carbonyl (C=O) groups excluding carboxylic acids is 1. The van der Waals surface area contributed by atoms with Crippen molar-refractivity contribution < 1.29 is 37.0 Å². The second-order valence-corrected chi connectivity index (χ2v) is 13.5. The lowest BCUT2D eigenvalue weighted by molar-refractivity contribution is -0.143. The van der Waals surface area contributed by atoms with Crippen LogP contribution in [0.2, 0.25) is 0 Å². The molecule has 3 saturated heterocycles. The molecule has 49 heavy (non-hydrogen) atoms. The van der Waals surface area contributed by atoms with Gasteiger partial charge < -0.3 is 24.5 Å². The van der Waals surface area contributed by atoms with Crippen LogP contribution in [0.4, 0.5) is 29.1 Å². The molecule has 0 aliphatic carbocycles. The van der Waals surface area contributed by atoms with Gasteiger partial charge in [0.05, 0.1) is 31.3 Å². The first-order valence-corrected chi connectivity index (χ1v) is 16.7. The second-order valence-electron chi connectivity index (χ2n) is 13.5. The van der Waals surface area contributed by atoms with Gasteiger partial charge in [-0.2, -0.15) is 18.3 Å². The Balaban J connectivity index is 1.32. The van der Waals surface area contributed by atoms with E-state index in [1.165, 1.54) is 6.07 Å². The number of aromatic nitrogens is 2. The van der Waals surface area contributed by atoms with Crippen LogP contribution in [0.1, 0.15) is 60.3 Å². The highest BCUT2D eigenvalue weighted by Gasteiger charge is 2.57. The minimum Gasteiger partial charge on any atom is -0.497 e. The van der Waals surface area contributed by atoms with Gasteiger partial charge in [-0.1, -0.05) is 31.5 Å². The number of piperidine rings is 1. The first-order valence-electron chi connectivity index (χ1n) is 16.7. The molecule has 1 amide bonds. The fraction of sp³-hybridized carbons (Fsp3) is 0.500. The van der Waals surface area contributed by atoms with E-state index in [1.807, 2.05) is 18.7 Å². The van der Waals surface area contributed by atoms with Crippen molar-refractivity contribution in [3.05, 3.63) is 77.0 Å². The zero-order valence-corrected chi connectivity index (χ0v) is 27.8. The van der Waals surface area contributed by atoms with Gasteiger partial charge in [-0.25, -0.2) is 4.39 Å². The number of benzene rings is 2. The molecular formula is C36H41F4N5O4. The number of carboxylic acids is 1. The van der Waals surface area contributed by atoms with Gasteiger partial charge in [-0.3, -0.25) is 9.59 Å². The maximum Gasteiger partial charge on any atom is 0.416 e. The summed E-state index contributed by atoms with van der Waals surface area (Å²) in [5.41, 5.74) is -0.576. The van der Waals surface area contributed by atoms with E-state index >= 15 is 4.39 Å². The van der Waals surface area contributed by atoms with Gasteiger partial charge in [-0.05, 0) is 72.7 Å². The van der Waals surface area contributed by atoms with E-state index in [4.69, 9.17) is 4.74 Å². The number of anilines is 2. The van der Waals surface area contributed by atoms with Gasteiger partial charge >= 0.3 is 12.1 Å². The Morgan fingerprint density at radius 3 is 2.35 bits per heavy atom. The lowest BCUT2D eigenvalue weighted by Gasteiger charge is -2.35. The number of hydrogen-bond acceptors (Lipinski definition) is 7. The molecular weight excluding hydrogens is 642 g/mol. The highest BCUT2D eigenvalue weighted by atomic mass is 19.4. The SMILES string of the molecule is CC[C@H]1CN(C(=O)[C@]2(F)CN(c3cc(C)cnn3)C[C@H]2c2ccc(OC)cc2)C[C@@H]1c1ccc(C(F)(F)F)cc1N1CCC(C(=O)O)CC1. The van der Waals surface area contributed by atoms with Crippen molar-refractivity contribution in [3.8, 4) is 5.75 Å². The number of methoxy groups -OCH3 is 1. The molecule has 2 aromatic carbocycles. The number of carbonyl (C=O) groups is 2. The fourth-order valence-corrected chi connectivity index (χ4v) is 7.76. The fourth-order valence-electron chi connectivity index (χ4n) is 7.76. The van der Waals surface area contributed by atoms with E-state index in [2.05, 4.69) is 10.2 Å². The molecule has 9 nitrogen and oxygen atoms in total. The van der Waals surface area contributed by atoms with Crippen molar-refractivity contribution in [2.45, 2.75) is 56.8 Å². The maximum absolute atomic E-state index is 17.6. The molecule has 0 spiro atoms. The van der Waals surface area contributed by atoms with E-state index in [-0.39, 0.29) is 38.0 Å². The summed E-state index contributed by atoms with van der Waals surface area (Å²) in [6, 6.07) is 12.5. The molecule has 0 radical (unpaired) electrons. The summed E-state index contributed by atoms with van der Waals surface area (Å²) in [6.45, 7) is 4.78. The van der Waals surface area contributed by atoms with Crippen LogP contribution in [0, 0.1) is 18.8 Å². The summed E-state index contributed by atoms with van der Waals surface area (Å²) < 4.78 is 64.7. The molecule has 262 valence electrons. The molecule has 4 atom stereocenters. The molecule has 6 rings (SSSR count). The highest BCUT2D eigenvalue weighted by molar-refractivity contribution is 5.89. The number of ether oxygens (including phenoxy) is 1. The zero-order valence-electron chi connectivity index (χ0n) is 27.8. The Morgan fingerprint density at radius 2 is 1.73 bits per heavy atom. The third-order valence-electron chi connectivity index (χ3n) is 10.5. The number of likely N-dealkylation sites (tertiary alicyclic amines) is 1. The number of nitrogens with zero attached hydrogens (tertiary/aromatic N) is 5. The summed E-state index contributed by atoms with van der Waals surface area (Å²) in [5.74, 6) is -2.34. The standard InChI is InChI=1S/C36H41F4N5O4/c1-4-23-18-44(19-29(23)28-10-7-26(36(38,39)40)16-31(28)43-13-11-25(12-14-43)33(46)47)34(48)35(37)21-45(32-15-22(2)17-41-42-32)20-30(35)24-5-8-27(49-3)9-6-24/h5-10,15-17,23,25,29-30H,4,11-14,18-21H2,1-3H3,(H,46,47)/t23-,29-,30-,35-/m0/s1. The van der Waals surface area contributed by atoms with E-state index < -0.39 is 41.1 Å². The van der Waals surface area contributed by atoms with Crippen LogP contribution < -0.4 is 14.5 Å². The quantitative estimate of drug-likeness (QED) is 0.286. The van der Waals surface area contributed by atoms with Crippen molar-refractivity contribution in [3.63, 3.8) is 0 Å². The molecule has 3 aromatic rings. The smallest absolute Gasteiger partial charge is 0.416 e. The number of hydrogen-bond donors (Lipinski definition) is 1. The summed E-state index contributed by atoms with van der Waals surface area (Å²) >= 11 is 0. The molecule has 1 aromatic heterocycles. The van der Waals surface area contributed by atoms with Crippen LogP contribution in [0.5, 0.6) is 5.75 Å². The number of halogens is 4. The molecule has 3 fully saturated rings. The third-order valence-corrected chi connectivity index (χ3v) is 10.5. The average Bonchev–Trinajstić information content (AvgIpc) is 3.69. The van der Waals surface area contributed by atoms with Crippen LogP contribution in [0.25, 0.3) is 0 Å². The van der Waals surface area contributed by atoms with E-state index in [9.17, 15) is 27.9 Å². The van der Waals surface area contributed by atoms with Gasteiger partial charge in [0, 0.05) is 50.2 Å². The minimum atomic E-state index is -4.57. The van der Waals surface area contributed by atoms with Gasteiger partial charge in [0.1, 0.15) is 5.75 Å². The van der Waals surface area contributed by atoms with Crippen molar-refractivity contribution >= 4 is 23.4 Å². The summed E-state index contributed by atoms with van der Waals surface area (Å²) in [6.07, 6.45) is -1.70. The van der Waals surface area contributed by atoms with Gasteiger partial charge in [0.15, 0.2) is 5.82 Å². The molecule has 3 aliphatic rings. The highest BCUT2D eigenvalue weighted by Crippen LogP contribution is 2.47. The Hall–Kier alpha value is -4.42. The molecule has 0 unspecified atom stereocenters. The molecule has 4 heterocycles. The Morgan fingerprint density at radius 1 is 1.02 bits per heavy atom. The predicted molar refractivity (Wildman–Crippen MR) is 176 cm³/mol. The average molecular weight is 684 g/mol. The van der Waals surface area contributed by atoms with Crippen molar-refractivity contribution in [2.75, 3.05) is 56.2 Å². The normalized spacial score (nSPS) is 24.8. The summed E-state index contributed by atoms with van der Waals surface area (Å²) in [7, 11) is 1.54. The molecule has 1 N–H and O–H groups in total. The second kappa shape index (κ2) is 13.5. The van der Waals surface area contributed by atoms with Crippen LogP contribution in [-0.2, 0) is 15.8 Å². The number of amides is 1. The predicted octanol–water partition coefficient (Wildman–Crippen LogP) is 6.08. The van der Waals surface area contributed by atoms with E-state index in [0.717, 1.165) is 17.7 Å². The number of alkyl halides is 4. The summed E-state index contributed by atoms with van der Waals surface area (Å²) in [5, 5.41) is 17.7. The van der Waals surface area contributed by atoms with Gasteiger partial charge in [0.25, 0.3) is 5.91 Å². The maximum atomic E-state index is 17.6. The van der Waals surface area contributed by atoms with Gasteiger partial charge in [-0.15, -0.1) is 5.10 Å². The van der Waals surface area contributed by atoms with Crippen molar-refractivity contribution in [1.29, 1.82) is 0 Å². The van der Waals surface area contributed by atoms with E-state index in [0.29, 0.717) is 60.7 Å². The van der Waals surface area contributed by atoms with Crippen LogP contribution >= 0.6 is 0 Å². The lowest BCUT2D eigenvalue weighted by Crippen LogP contribution is -2.50. The number of aliphatic carboxylic acids is 1. The zero-order chi connectivity index (χ0) is 35.1. The van der Waals surface area contributed by atoms with Gasteiger partial charge in [0.2, 0.25) is 5.67 Å². The molecule has 0 bridgehead atoms. The number of aryl methyl sites for hydroxylation is 1. The van der Waals surface area contributed by atoms with Crippen molar-refractivity contribution in [2.24, 2.45) is 11.8 Å². The third kappa shape index (κ3) is 6.76. The molecule has 13 heteroatoms. The minimum absolute atomic E-state index is 0.126. The van der Waals surface area contributed by atoms with Crippen molar-refractivity contribution in [1.82, 2.24) is 15.1 Å². The largest absolute Gasteiger partial charge is 0.497 e. The Labute approximate surface area is 282 Å². The topological polar surface area (TPSA) is 99.1 Å².